The Labute approximate surface area is 183 Å². The monoisotopic (exact) mass is 434 g/mol. The van der Waals surface area contributed by atoms with Crippen LogP contribution >= 0.6 is 11.6 Å². The molecule has 0 unspecified atom stereocenters. The van der Waals surface area contributed by atoms with E-state index < -0.39 is 0 Å². The highest BCUT2D eigenvalue weighted by atomic mass is 35.5. The van der Waals surface area contributed by atoms with E-state index in [2.05, 4.69) is 25.6 Å². The van der Waals surface area contributed by atoms with Crippen LogP contribution in [0.3, 0.4) is 0 Å². The quantitative estimate of drug-likeness (QED) is 0.440. The first kappa shape index (κ1) is 20.4. The van der Waals surface area contributed by atoms with Gasteiger partial charge in [0.2, 0.25) is 5.88 Å². The maximum atomic E-state index is 12.1. The van der Waals surface area contributed by atoms with E-state index in [1.54, 1.807) is 67.7 Å². The molecule has 2 N–H and O–H groups in total. The van der Waals surface area contributed by atoms with Gasteiger partial charge < -0.3 is 15.4 Å². The zero-order chi connectivity index (χ0) is 21.8. The molecule has 4 rings (SSSR count). The first-order valence-corrected chi connectivity index (χ1v) is 9.81. The minimum Gasteiger partial charge on any atom is -0.439 e. The van der Waals surface area contributed by atoms with Gasteiger partial charge in [-0.05, 0) is 62.4 Å². The minimum atomic E-state index is -0.359. The normalized spacial score (nSPS) is 10.5. The van der Waals surface area contributed by atoms with Crippen LogP contribution in [0.25, 0.3) is 5.82 Å². The number of carbonyl (C=O) groups excluding carboxylic acids is 1. The van der Waals surface area contributed by atoms with Crippen molar-refractivity contribution in [2.24, 2.45) is 0 Å². The molecule has 2 amide bonds. The lowest BCUT2D eigenvalue weighted by Crippen LogP contribution is -2.19. The maximum Gasteiger partial charge on any atom is 0.323 e. The summed E-state index contributed by atoms with van der Waals surface area (Å²) in [5.41, 5.74) is 1.26. The number of aryl methyl sites for hydroxylation is 2. The minimum absolute atomic E-state index is 0.359. The Morgan fingerprint density at radius 1 is 0.968 bits per heavy atom. The fraction of sp³-hybridized carbons (Fsp3) is 0.0909. The maximum absolute atomic E-state index is 12.1. The molecule has 8 nitrogen and oxygen atoms in total. The van der Waals surface area contributed by atoms with Crippen molar-refractivity contribution in [1.82, 2.24) is 19.5 Å². The number of imidazole rings is 1. The lowest BCUT2D eigenvalue weighted by molar-refractivity contribution is 0.262. The molecule has 0 aliphatic rings. The third kappa shape index (κ3) is 5.18. The summed E-state index contributed by atoms with van der Waals surface area (Å²) in [6.45, 7) is 3.70. The van der Waals surface area contributed by atoms with Crippen LogP contribution in [-0.2, 0) is 0 Å². The van der Waals surface area contributed by atoms with E-state index in [9.17, 15) is 4.79 Å². The number of nitrogens with zero attached hydrogens (tertiary/aromatic N) is 4. The summed E-state index contributed by atoms with van der Waals surface area (Å²) in [5, 5.41) is 6.11. The molecule has 0 fully saturated rings. The van der Waals surface area contributed by atoms with Gasteiger partial charge in [-0.3, -0.25) is 4.57 Å². The Hall–Kier alpha value is -3.91. The summed E-state index contributed by atoms with van der Waals surface area (Å²) < 4.78 is 7.73. The predicted octanol–water partition coefficient (Wildman–Crippen LogP) is 5.37. The highest BCUT2D eigenvalue weighted by Gasteiger charge is 2.09. The third-order valence-corrected chi connectivity index (χ3v) is 4.56. The van der Waals surface area contributed by atoms with Crippen LogP contribution in [0.4, 0.5) is 16.2 Å². The highest BCUT2D eigenvalue weighted by Crippen LogP contribution is 2.23. The van der Waals surface area contributed by atoms with Crippen molar-refractivity contribution in [3.63, 3.8) is 0 Å². The molecule has 2 aromatic heterocycles. The van der Waals surface area contributed by atoms with Crippen LogP contribution in [0.1, 0.15) is 11.6 Å². The summed E-state index contributed by atoms with van der Waals surface area (Å²) in [5.74, 6) is 3.07. The van der Waals surface area contributed by atoms with E-state index in [-0.39, 0.29) is 6.03 Å². The predicted molar refractivity (Wildman–Crippen MR) is 119 cm³/mol. The van der Waals surface area contributed by atoms with Crippen molar-refractivity contribution in [2.45, 2.75) is 13.8 Å². The molecule has 0 aliphatic heterocycles. The van der Waals surface area contributed by atoms with E-state index >= 15 is 0 Å². The largest absolute Gasteiger partial charge is 0.439 e. The van der Waals surface area contributed by atoms with E-state index in [0.29, 0.717) is 39.7 Å². The average molecular weight is 435 g/mol. The van der Waals surface area contributed by atoms with Crippen LogP contribution < -0.4 is 15.4 Å². The average Bonchev–Trinajstić information content (AvgIpc) is 3.17. The van der Waals surface area contributed by atoms with Crippen molar-refractivity contribution in [3.05, 3.63) is 83.7 Å². The fourth-order valence-corrected chi connectivity index (χ4v) is 3.00. The molecule has 31 heavy (non-hydrogen) atoms. The number of ether oxygens (including phenoxy) is 1. The number of hydrogen-bond acceptors (Lipinski definition) is 5. The van der Waals surface area contributed by atoms with Crippen LogP contribution in [0.15, 0.2) is 67.0 Å². The topological polar surface area (TPSA) is 94.0 Å². The van der Waals surface area contributed by atoms with Gasteiger partial charge in [0, 0.05) is 34.9 Å². The van der Waals surface area contributed by atoms with Gasteiger partial charge in [-0.1, -0.05) is 11.6 Å². The number of aromatic nitrogens is 4. The number of rotatable bonds is 5. The zero-order valence-electron chi connectivity index (χ0n) is 16.8. The van der Waals surface area contributed by atoms with Crippen molar-refractivity contribution >= 4 is 29.0 Å². The van der Waals surface area contributed by atoms with Crippen LogP contribution in [0.2, 0.25) is 5.02 Å². The zero-order valence-corrected chi connectivity index (χ0v) is 17.6. The summed E-state index contributed by atoms with van der Waals surface area (Å²) in [6, 6.07) is 15.2. The van der Waals surface area contributed by atoms with Gasteiger partial charge in [0.25, 0.3) is 0 Å². The Morgan fingerprint density at radius 2 is 1.61 bits per heavy atom. The Bertz CT molecular complexity index is 1210. The molecular formula is C22H19ClN6O2. The standard InChI is InChI=1S/C22H19ClN6O2/c1-14-25-20(29-12-11-24-15(29)2)13-21(26-14)31-19-9-7-18(8-10-19)28-22(30)27-17-5-3-16(23)4-6-17/h3-13H,1-2H3,(H2,27,28,30). The molecule has 2 aromatic carbocycles. The van der Waals surface area contributed by atoms with E-state index in [1.165, 1.54) is 0 Å². The lowest BCUT2D eigenvalue weighted by atomic mass is 10.3. The fourth-order valence-electron chi connectivity index (χ4n) is 2.87. The molecule has 0 radical (unpaired) electrons. The number of benzene rings is 2. The van der Waals surface area contributed by atoms with E-state index in [1.807, 2.05) is 17.7 Å². The molecule has 2 heterocycles. The summed E-state index contributed by atoms with van der Waals surface area (Å²) in [6.07, 6.45) is 3.54. The smallest absolute Gasteiger partial charge is 0.323 e. The number of amides is 2. The number of halogens is 1. The molecule has 0 saturated heterocycles. The number of urea groups is 1. The number of hydrogen-bond donors (Lipinski definition) is 2. The first-order chi connectivity index (χ1) is 15.0. The van der Waals surface area contributed by atoms with Gasteiger partial charge in [0.15, 0.2) is 0 Å². The van der Waals surface area contributed by atoms with E-state index in [0.717, 1.165) is 5.82 Å². The van der Waals surface area contributed by atoms with Gasteiger partial charge in [-0.15, -0.1) is 0 Å². The van der Waals surface area contributed by atoms with Gasteiger partial charge in [-0.25, -0.2) is 14.8 Å². The second kappa shape index (κ2) is 8.85. The van der Waals surface area contributed by atoms with Crippen LogP contribution in [0, 0.1) is 13.8 Å². The van der Waals surface area contributed by atoms with Gasteiger partial charge >= 0.3 is 6.03 Å². The number of anilines is 2. The third-order valence-electron chi connectivity index (χ3n) is 4.31. The molecule has 156 valence electrons. The number of nitrogens with one attached hydrogen (secondary N) is 2. The molecule has 0 spiro atoms. The second-order valence-corrected chi connectivity index (χ2v) is 7.10. The summed E-state index contributed by atoms with van der Waals surface area (Å²) in [4.78, 5) is 25.1. The highest BCUT2D eigenvalue weighted by molar-refractivity contribution is 6.30. The van der Waals surface area contributed by atoms with Crippen molar-refractivity contribution in [1.29, 1.82) is 0 Å². The lowest BCUT2D eigenvalue weighted by Gasteiger charge is -2.10. The van der Waals surface area contributed by atoms with Crippen LogP contribution in [0.5, 0.6) is 11.6 Å². The first-order valence-electron chi connectivity index (χ1n) is 9.44. The molecule has 0 atom stereocenters. The van der Waals surface area contributed by atoms with E-state index in [4.69, 9.17) is 16.3 Å². The van der Waals surface area contributed by atoms with Crippen molar-refractivity contribution < 1.29 is 9.53 Å². The molecule has 0 aliphatic carbocycles. The summed E-state index contributed by atoms with van der Waals surface area (Å²) >= 11 is 5.85. The summed E-state index contributed by atoms with van der Waals surface area (Å²) in [7, 11) is 0. The molecule has 0 saturated carbocycles. The van der Waals surface area contributed by atoms with Crippen molar-refractivity contribution in [3.8, 4) is 17.4 Å². The Kier molecular flexibility index (Phi) is 5.81. The van der Waals surface area contributed by atoms with Gasteiger partial charge in [0.1, 0.15) is 23.2 Å². The van der Waals surface area contributed by atoms with Gasteiger partial charge in [0.05, 0.1) is 0 Å². The molecule has 9 heteroatoms. The SMILES string of the molecule is Cc1nc(Oc2ccc(NC(=O)Nc3ccc(Cl)cc3)cc2)cc(-n2ccnc2C)n1. The van der Waals surface area contributed by atoms with Crippen LogP contribution in [-0.4, -0.2) is 25.6 Å². The Balaban J connectivity index is 1.42. The second-order valence-electron chi connectivity index (χ2n) is 6.67. The van der Waals surface area contributed by atoms with Gasteiger partial charge in [-0.2, -0.15) is 4.98 Å². The molecule has 0 bridgehead atoms. The Morgan fingerprint density at radius 3 is 2.23 bits per heavy atom. The number of carbonyl (C=O) groups is 1. The molecular weight excluding hydrogens is 416 g/mol. The van der Waals surface area contributed by atoms with Crippen molar-refractivity contribution in [2.75, 3.05) is 10.6 Å². The molecule has 4 aromatic rings.